The molecule has 2 aromatic carbocycles. The first kappa shape index (κ1) is 22.4. The number of nitrogens with one attached hydrogen (secondary N) is 2. The van der Waals surface area contributed by atoms with E-state index in [0.29, 0.717) is 46.0 Å². The fourth-order valence-corrected chi connectivity index (χ4v) is 4.94. The molecule has 1 saturated heterocycles. The molecule has 0 bridgehead atoms. The van der Waals surface area contributed by atoms with Gasteiger partial charge in [-0.25, -0.2) is 4.79 Å². The van der Waals surface area contributed by atoms with Crippen LogP contribution in [0.4, 0.5) is 16.2 Å². The molecule has 0 aliphatic carbocycles. The molecule has 0 atom stereocenters. The van der Waals surface area contributed by atoms with E-state index in [1.165, 1.54) is 11.3 Å². The predicted octanol–water partition coefficient (Wildman–Crippen LogP) is 4.89. The maximum Gasteiger partial charge on any atom is 0.321 e. The highest BCUT2D eigenvalue weighted by molar-refractivity contribution is 7.13. The monoisotopic (exact) mass is 499 g/mol. The van der Waals surface area contributed by atoms with Crippen LogP contribution in [0.3, 0.4) is 0 Å². The molecule has 2 aliphatic heterocycles. The van der Waals surface area contributed by atoms with Gasteiger partial charge in [-0.15, -0.1) is 10.2 Å². The van der Waals surface area contributed by atoms with E-state index in [1.54, 1.807) is 29.2 Å². The third-order valence-electron chi connectivity index (χ3n) is 5.82. The van der Waals surface area contributed by atoms with Crippen LogP contribution in [0.15, 0.2) is 36.4 Å². The van der Waals surface area contributed by atoms with Crippen molar-refractivity contribution in [2.24, 2.45) is 0 Å². The highest BCUT2D eigenvalue weighted by Gasteiger charge is 2.27. The second kappa shape index (κ2) is 9.47. The largest absolute Gasteiger partial charge is 0.454 e. The van der Waals surface area contributed by atoms with Gasteiger partial charge < -0.3 is 25.0 Å². The average Bonchev–Trinajstić information content (AvgIpc) is 3.51. The summed E-state index contributed by atoms with van der Waals surface area (Å²) in [6.45, 7) is 3.27. The Morgan fingerprint density at radius 2 is 1.76 bits per heavy atom. The van der Waals surface area contributed by atoms with E-state index in [2.05, 4.69) is 20.8 Å². The smallest absolute Gasteiger partial charge is 0.321 e. The quantitative estimate of drug-likeness (QED) is 0.529. The van der Waals surface area contributed by atoms with Gasteiger partial charge in [-0.2, -0.15) is 0 Å². The number of hydrogen-bond acceptors (Lipinski definition) is 7. The fraction of sp³-hybridized carbons (Fsp3) is 0.304. The van der Waals surface area contributed by atoms with Crippen LogP contribution in [0, 0.1) is 6.92 Å². The van der Waals surface area contributed by atoms with Crippen LogP contribution >= 0.6 is 22.9 Å². The number of fused-ring (bicyclic) bond motifs is 1. The first-order valence-corrected chi connectivity index (χ1v) is 12.0. The molecule has 0 radical (unpaired) electrons. The highest BCUT2D eigenvalue weighted by Crippen LogP contribution is 2.35. The molecule has 0 spiro atoms. The molecule has 1 fully saturated rings. The maximum atomic E-state index is 12.6. The lowest BCUT2D eigenvalue weighted by molar-refractivity contribution is 0.102. The van der Waals surface area contributed by atoms with Gasteiger partial charge in [-0.05, 0) is 49.6 Å². The van der Waals surface area contributed by atoms with Gasteiger partial charge in [0.25, 0.3) is 5.91 Å². The van der Waals surface area contributed by atoms with Crippen LogP contribution in [-0.4, -0.2) is 46.9 Å². The predicted molar refractivity (Wildman–Crippen MR) is 129 cm³/mol. The Labute approximate surface area is 205 Å². The van der Waals surface area contributed by atoms with Crippen molar-refractivity contribution >= 4 is 46.3 Å². The van der Waals surface area contributed by atoms with Crippen LogP contribution in [0.1, 0.15) is 39.1 Å². The summed E-state index contributed by atoms with van der Waals surface area (Å²) in [7, 11) is 0. The van der Waals surface area contributed by atoms with E-state index in [4.69, 9.17) is 21.1 Å². The van der Waals surface area contributed by atoms with Crippen LogP contribution in [-0.2, 0) is 0 Å². The SMILES string of the molecule is Cc1ccc(NC(=O)N2CCC(c3nnc(C(=O)Nc4ccc5c(c4)OCO5)s3)CC2)cc1Cl. The number of hydrogen-bond donors (Lipinski definition) is 2. The lowest BCUT2D eigenvalue weighted by atomic mass is 9.98. The number of carbonyl (C=O) groups is 2. The lowest BCUT2D eigenvalue weighted by Crippen LogP contribution is -2.40. The Bertz CT molecular complexity index is 1240. The van der Waals surface area contributed by atoms with E-state index in [1.807, 2.05) is 19.1 Å². The fourth-order valence-electron chi connectivity index (χ4n) is 3.85. The molecule has 3 heterocycles. The summed E-state index contributed by atoms with van der Waals surface area (Å²) < 4.78 is 10.6. The normalized spacial score (nSPS) is 15.3. The van der Waals surface area contributed by atoms with Crippen molar-refractivity contribution in [1.29, 1.82) is 0 Å². The summed E-state index contributed by atoms with van der Waals surface area (Å²) >= 11 is 7.43. The maximum absolute atomic E-state index is 12.6. The number of aryl methyl sites for hydroxylation is 1. The van der Waals surface area contributed by atoms with Gasteiger partial charge in [0, 0.05) is 41.5 Å². The second-order valence-electron chi connectivity index (χ2n) is 8.12. The number of amides is 3. The molecule has 5 rings (SSSR count). The summed E-state index contributed by atoms with van der Waals surface area (Å²) in [5, 5.41) is 15.8. The number of nitrogens with zero attached hydrogens (tertiary/aromatic N) is 3. The van der Waals surface area contributed by atoms with E-state index in [-0.39, 0.29) is 24.6 Å². The van der Waals surface area contributed by atoms with Gasteiger partial charge in [-0.3, -0.25) is 4.79 Å². The standard InChI is InChI=1S/C23H22ClN5O4S/c1-13-2-3-15(10-17(13)24)26-23(31)29-8-6-14(7-9-29)21-27-28-22(34-21)20(30)25-16-4-5-18-19(11-16)33-12-32-18/h2-5,10-11,14H,6-9,12H2,1H3,(H,25,30)(H,26,31). The number of urea groups is 1. The second-order valence-corrected chi connectivity index (χ2v) is 9.54. The van der Waals surface area contributed by atoms with E-state index < -0.39 is 0 Å². The number of rotatable bonds is 4. The van der Waals surface area contributed by atoms with E-state index in [0.717, 1.165) is 23.4 Å². The summed E-state index contributed by atoms with van der Waals surface area (Å²) in [5.74, 6) is 1.08. The van der Waals surface area contributed by atoms with Crippen molar-refractivity contribution in [3.63, 3.8) is 0 Å². The van der Waals surface area contributed by atoms with Gasteiger partial charge >= 0.3 is 6.03 Å². The molecular weight excluding hydrogens is 478 g/mol. The Morgan fingerprint density at radius 1 is 1.03 bits per heavy atom. The van der Waals surface area contributed by atoms with Crippen LogP contribution < -0.4 is 20.1 Å². The van der Waals surface area contributed by atoms with Gasteiger partial charge in [0.2, 0.25) is 11.8 Å². The number of likely N-dealkylation sites (tertiary alicyclic amines) is 1. The molecule has 2 N–H and O–H groups in total. The zero-order valence-electron chi connectivity index (χ0n) is 18.3. The molecule has 1 aromatic heterocycles. The number of piperidine rings is 1. The van der Waals surface area contributed by atoms with Crippen molar-refractivity contribution in [3.8, 4) is 11.5 Å². The van der Waals surface area contributed by atoms with Crippen molar-refractivity contribution in [2.45, 2.75) is 25.7 Å². The highest BCUT2D eigenvalue weighted by atomic mass is 35.5. The minimum absolute atomic E-state index is 0.153. The topological polar surface area (TPSA) is 106 Å². The summed E-state index contributed by atoms with van der Waals surface area (Å²) in [6.07, 6.45) is 1.50. The zero-order valence-corrected chi connectivity index (χ0v) is 19.9. The molecule has 34 heavy (non-hydrogen) atoms. The van der Waals surface area contributed by atoms with Gasteiger partial charge in [0.1, 0.15) is 5.01 Å². The molecule has 9 nitrogen and oxygen atoms in total. The Morgan fingerprint density at radius 3 is 2.56 bits per heavy atom. The number of aromatic nitrogens is 2. The molecule has 2 aliphatic rings. The van der Waals surface area contributed by atoms with Crippen LogP contribution in [0.25, 0.3) is 0 Å². The molecule has 0 unspecified atom stereocenters. The molecular formula is C23H22ClN5O4S. The third-order valence-corrected chi connectivity index (χ3v) is 7.31. The minimum Gasteiger partial charge on any atom is -0.454 e. The number of benzene rings is 2. The van der Waals surface area contributed by atoms with Crippen molar-refractivity contribution < 1.29 is 19.1 Å². The number of carbonyl (C=O) groups excluding carboxylic acids is 2. The Kier molecular flexibility index (Phi) is 6.25. The van der Waals surface area contributed by atoms with Crippen LogP contribution in [0.2, 0.25) is 5.02 Å². The first-order chi connectivity index (χ1) is 16.5. The molecule has 3 aromatic rings. The zero-order chi connectivity index (χ0) is 23.7. The molecule has 3 amide bonds. The third kappa shape index (κ3) is 4.78. The van der Waals surface area contributed by atoms with Crippen molar-refractivity contribution in [1.82, 2.24) is 15.1 Å². The molecule has 0 saturated carbocycles. The van der Waals surface area contributed by atoms with Gasteiger partial charge in [0.15, 0.2) is 11.5 Å². The first-order valence-electron chi connectivity index (χ1n) is 10.8. The van der Waals surface area contributed by atoms with Crippen LogP contribution in [0.5, 0.6) is 11.5 Å². The van der Waals surface area contributed by atoms with Crippen molar-refractivity contribution in [2.75, 3.05) is 30.5 Å². The Hall–Kier alpha value is -3.37. The van der Waals surface area contributed by atoms with Crippen molar-refractivity contribution in [3.05, 3.63) is 57.0 Å². The summed E-state index contributed by atoms with van der Waals surface area (Å²) in [4.78, 5) is 27.0. The average molecular weight is 500 g/mol. The number of anilines is 2. The molecule has 176 valence electrons. The van der Waals surface area contributed by atoms with E-state index >= 15 is 0 Å². The number of ether oxygens (including phenoxy) is 2. The van der Waals surface area contributed by atoms with Gasteiger partial charge in [0.05, 0.1) is 0 Å². The van der Waals surface area contributed by atoms with E-state index in [9.17, 15) is 9.59 Å². The lowest BCUT2D eigenvalue weighted by Gasteiger charge is -2.31. The Balaban J connectivity index is 1.15. The summed E-state index contributed by atoms with van der Waals surface area (Å²) in [6, 6.07) is 10.5. The minimum atomic E-state index is -0.323. The van der Waals surface area contributed by atoms with Gasteiger partial charge in [-0.1, -0.05) is 29.0 Å². The summed E-state index contributed by atoms with van der Waals surface area (Å²) in [5.41, 5.74) is 2.23. The molecule has 11 heteroatoms. The number of halogens is 1.